The molecule has 0 bridgehead atoms. The first-order valence-electron chi connectivity index (χ1n) is 24.3. The molecule has 3 heterocycles. The molecule has 336 valence electrons. The first-order valence-corrected chi connectivity index (χ1v) is 25.2. The molecule has 0 fully saturated rings. The van der Waals surface area contributed by atoms with Crippen molar-refractivity contribution in [3.05, 3.63) is 260 Å². The average Bonchev–Trinajstić information content (AvgIpc) is 4.13. The third kappa shape index (κ3) is 6.88. The van der Waals surface area contributed by atoms with Gasteiger partial charge in [0, 0.05) is 81.6 Å². The number of hydrogen-bond donors (Lipinski definition) is 0. The number of aromatic nitrogens is 1. The molecule has 71 heavy (non-hydrogen) atoms. The van der Waals surface area contributed by atoms with E-state index in [1.807, 2.05) is 11.3 Å². The fourth-order valence-corrected chi connectivity index (χ4v) is 12.4. The average molecular weight is 928 g/mol. The van der Waals surface area contributed by atoms with Crippen molar-refractivity contribution in [3.63, 3.8) is 0 Å². The molecule has 4 nitrogen and oxygen atoms in total. The zero-order valence-corrected chi connectivity index (χ0v) is 39.5. The molecule has 5 heteroatoms. The Morgan fingerprint density at radius 1 is 0.465 bits per heavy atom. The van der Waals surface area contributed by atoms with Crippen LogP contribution in [0.2, 0.25) is 0 Å². The van der Waals surface area contributed by atoms with Crippen molar-refractivity contribution < 1.29 is 4.42 Å². The largest absolute Gasteiger partial charge is 0.456 e. The van der Waals surface area contributed by atoms with E-state index in [0.29, 0.717) is 0 Å². The number of fused-ring (bicyclic) bond motifs is 10. The van der Waals surface area contributed by atoms with Gasteiger partial charge in [-0.1, -0.05) is 158 Å². The summed E-state index contributed by atoms with van der Waals surface area (Å²) in [6.45, 7) is 0. The minimum Gasteiger partial charge on any atom is -0.456 e. The Balaban J connectivity index is 1.09. The number of para-hydroxylation sites is 5. The van der Waals surface area contributed by atoms with Crippen LogP contribution in [-0.4, -0.2) is 4.57 Å². The van der Waals surface area contributed by atoms with Gasteiger partial charge in [0.15, 0.2) is 0 Å². The standard InChI is InChI=1S/C66H45N3OS/c1-5-20-44(21-6-1)45-36-38-50(39-37-45)68(59-32-19-34-61-63(59)54-29-14-17-33-60(54)70-61)52-41-46(40-51(42-52)67(47-22-7-2-8-23-47)48-24-9-3-10-25-48)56-43-57-53-28-13-16-31-58(53)69(49-26-11-4-12-27-49)65(57)64-55-30-15-18-35-62(55)71-66(56)64/h1-31,33-43,59H,32H2. The van der Waals surface area contributed by atoms with Gasteiger partial charge in [-0.25, -0.2) is 0 Å². The van der Waals surface area contributed by atoms with E-state index in [1.165, 1.54) is 64.2 Å². The molecule has 1 unspecified atom stereocenters. The molecule has 3 aromatic heterocycles. The van der Waals surface area contributed by atoms with E-state index in [0.717, 1.165) is 62.8 Å². The summed E-state index contributed by atoms with van der Waals surface area (Å²) in [6.07, 6.45) is 5.24. The van der Waals surface area contributed by atoms with Gasteiger partial charge in [0.25, 0.3) is 0 Å². The van der Waals surface area contributed by atoms with Crippen molar-refractivity contribution in [1.29, 1.82) is 0 Å². The SMILES string of the molecule is C1=Cc2oc3ccccc3c2C(N(c2ccc(-c3ccccc3)cc2)c2cc(-c3cc4c5ccccc5n(-c5ccccc5)c4c4c3sc3ccccc34)cc(N(c3ccccc3)c3ccccc3)c2)C1. The van der Waals surface area contributed by atoms with E-state index < -0.39 is 0 Å². The van der Waals surface area contributed by atoms with Gasteiger partial charge in [0.1, 0.15) is 11.3 Å². The van der Waals surface area contributed by atoms with Crippen LogP contribution in [0.3, 0.4) is 0 Å². The number of benzene rings is 10. The first-order chi connectivity index (χ1) is 35.2. The third-order valence-corrected chi connectivity index (χ3v) is 15.5. The predicted octanol–water partition coefficient (Wildman–Crippen LogP) is 19.0. The number of nitrogens with zero attached hydrogens (tertiary/aromatic N) is 3. The van der Waals surface area contributed by atoms with Crippen LogP contribution >= 0.6 is 11.3 Å². The Morgan fingerprint density at radius 2 is 1.07 bits per heavy atom. The lowest BCUT2D eigenvalue weighted by atomic mass is 9.92. The second-order valence-corrected chi connectivity index (χ2v) is 19.4. The van der Waals surface area contributed by atoms with Gasteiger partial charge in [0.2, 0.25) is 0 Å². The van der Waals surface area contributed by atoms with E-state index in [1.54, 1.807) is 0 Å². The molecule has 0 N–H and O–H groups in total. The predicted molar refractivity (Wildman–Crippen MR) is 300 cm³/mol. The van der Waals surface area contributed by atoms with Gasteiger partial charge >= 0.3 is 0 Å². The van der Waals surface area contributed by atoms with Gasteiger partial charge in [-0.15, -0.1) is 11.3 Å². The number of anilines is 5. The topological polar surface area (TPSA) is 24.6 Å². The lowest BCUT2D eigenvalue weighted by Gasteiger charge is -2.36. The Morgan fingerprint density at radius 3 is 1.82 bits per heavy atom. The highest BCUT2D eigenvalue weighted by molar-refractivity contribution is 7.26. The molecule has 0 spiro atoms. The Labute approximate surface area is 415 Å². The van der Waals surface area contributed by atoms with Gasteiger partial charge in [-0.3, -0.25) is 0 Å². The van der Waals surface area contributed by atoms with Gasteiger partial charge in [-0.05, 0) is 120 Å². The molecule has 0 amide bonds. The first kappa shape index (κ1) is 41.1. The number of thiophene rings is 1. The summed E-state index contributed by atoms with van der Waals surface area (Å²) in [5.74, 6) is 0.909. The molecule has 10 aromatic carbocycles. The summed E-state index contributed by atoms with van der Waals surface area (Å²) in [6, 6.07) is 88.2. The van der Waals surface area contributed by atoms with Crippen molar-refractivity contribution in [2.75, 3.05) is 9.80 Å². The van der Waals surface area contributed by atoms with E-state index in [9.17, 15) is 0 Å². The van der Waals surface area contributed by atoms with Crippen molar-refractivity contribution in [3.8, 4) is 27.9 Å². The molecule has 0 radical (unpaired) electrons. The van der Waals surface area contributed by atoms with Crippen molar-refractivity contribution in [2.45, 2.75) is 12.5 Å². The van der Waals surface area contributed by atoms with Crippen LogP contribution in [0, 0.1) is 0 Å². The quantitative estimate of drug-likeness (QED) is 0.144. The van der Waals surface area contributed by atoms with Crippen LogP contribution in [0.5, 0.6) is 0 Å². The van der Waals surface area contributed by atoms with Gasteiger partial charge < -0.3 is 18.8 Å². The van der Waals surface area contributed by atoms with E-state index in [-0.39, 0.29) is 6.04 Å². The van der Waals surface area contributed by atoms with Crippen LogP contribution < -0.4 is 9.80 Å². The maximum atomic E-state index is 6.65. The maximum Gasteiger partial charge on any atom is 0.135 e. The van der Waals surface area contributed by atoms with Crippen molar-refractivity contribution in [2.24, 2.45) is 0 Å². The zero-order chi connectivity index (χ0) is 46.8. The van der Waals surface area contributed by atoms with E-state index in [2.05, 4.69) is 269 Å². The fourth-order valence-electron chi connectivity index (χ4n) is 11.2. The molecular formula is C66H45N3OS. The third-order valence-electron chi connectivity index (χ3n) is 14.3. The van der Waals surface area contributed by atoms with Gasteiger partial charge in [0.05, 0.1) is 17.1 Å². The molecule has 0 aliphatic heterocycles. The molecule has 14 rings (SSSR count). The summed E-state index contributed by atoms with van der Waals surface area (Å²) in [7, 11) is 0. The minimum atomic E-state index is -0.0816. The van der Waals surface area contributed by atoms with Crippen LogP contribution in [-0.2, 0) is 0 Å². The number of rotatable bonds is 9. The van der Waals surface area contributed by atoms with Crippen molar-refractivity contribution in [1.82, 2.24) is 4.57 Å². The zero-order valence-electron chi connectivity index (χ0n) is 38.7. The van der Waals surface area contributed by atoms with Crippen LogP contribution in [0.25, 0.3) is 87.0 Å². The Bertz CT molecular complexity index is 4100. The lowest BCUT2D eigenvalue weighted by molar-refractivity contribution is 0.580. The molecule has 1 aliphatic rings. The second kappa shape index (κ2) is 17.0. The molecule has 13 aromatic rings. The van der Waals surface area contributed by atoms with Gasteiger partial charge in [-0.2, -0.15) is 0 Å². The minimum absolute atomic E-state index is 0.0816. The smallest absolute Gasteiger partial charge is 0.135 e. The van der Waals surface area contributed by atoms with Crippen LogP contribution in [0.4, 0.5) is 28.4 Å². The summed E-state index contributed by atoms with van der Waals surface area (Å²) in [4.78, 5) is 4.98. The number of furan rings is 1. The Kier molecular flexibility index (Phi) is 9.81. The van der Waals surface area contributed by atoms with Crippen LogP contribution in [0.1, 0.15) is 23.8 Å². The molecule has 0 saturated carbocycles. The van der Waals surface area contributed by atoms with E-state index >= 15 is 0 Å². The summed E-state index contributed by atoms with van der Waals surface area (Å²) in [5, 5.41) is 6.13. The summed E-state index contributed by atoms with van der Waals surface area (Å²) < 4.78 is 11.7. The van der Waals surface area contributed by atoms with E-state index in [4.69, 9.17) is 4.42 Å². The highest BCUT2D eigenvalue weighted by atomic mass is 32.1. The Hall–Kier alpha value is -8.90. The second-order valence-electron chi connectivity index (χ2n) is 18.4. The highest BCUT2D eigenvalue weighted by Crippen LogP contribution is 2.52. The fraction of sp³-hybridized carbons (Fsp3) is 0.0303. The molecule has 1 atom stereocenters. The normalized spacial score (nSPS) is 13.4. The number of hydrogen-bond acceptors (Lipinski definition) is 4. The maximum absolute atomic E-state index is 6.65. The highest BCUT2D eigenvalue weighted by Gasteiger charge is 2.32. The molecule has 0 saturated heterocycles. The van der Waals surface area contributed by atoms with Crippen LogP contribution in [0.15, 0.2) is 253 Å². The molecule has 1 aliphatic carbocycles. The van der Waals surface area contributed by atoms with Crippen molar-refractivity contribution >= 4 is 98.8 Å². The molecular weight excluding hydrogens is 883 g/mol. The lowest BCUT2D eigenvalue weighted by Crippen LogP contribution is -2.25. The summed E-state index contributed by atoms with van der Waals surface area (Å²) in [5.41, 5.74) is 15.8. The monoisotopic (exact) mass is 927 g/mol. The summed E-state index contributed by atoms with van der Waals surface area (Å²) >= 11 is 1.89.